The molecule has 0 aliphatic heterocycles. The van der Waals surface area contributed by atoms with E-state index in [0.717, 1.165) is 0 Å². The van der Waals surface area contributed by atoms with Gasteiger partial charge in [0.1, 0.15) is 0 Å². The Balaban J connectivity index is 0.000000980. The van der Waals surface area contributed by atoms with Gasteiger partial charge in [0.05, 0.1) is 0 Å². The Kier molecular flexibility index (Phi) is 2.71. The molecule has 0 atom stereocenters. The Labute approximate surface area is 92.0 Å². The molecule has 0 aromatic carbocycles. The van der Waals surface area contributed by atoms with E-state index in [0.29, 0.717) is 0 Å². The quantitative estimate of drug-likeness (QED) is 0.606. The van der Waals surface area contributed by atoms with Crippen molar-refractivity contribution in [3.63, 3.8) is 0 Å². The molecule has 0 aromatic rings. The van der Waals surface area contributed by atoms with Gasteiger partial charge in [-0.2, -0.15) is 0 Å². The summed E-state index contributed by atoms with van der Waals surface area (Å²) >= 11 is 0.0387. The van der Waals surface area contributed by atoms with Gasteiger partial charge in [0.25, 0.3) is 0 Å². The molecule has 70 valence electrons. The third kappa shape index (κ3) is 1.95. The van der Waals surface area contributed by atoms with Gasteiger partial charge < -0.3 is 2.85 Å². The fourth-order valence-corrected chi connectivity index (χ4v) is 3.83. The maximum atomic E-state index is 2.37. The molecule has 0 saturated heterocycles. The number of allylic oxidation sites excluding steroid dienone is 8. The zero-order valence-corrected chi connectivity index (χ0v) is 9.79. The van der Waals surface area contributed by atoms with Gasteiger partial charge in [0.15, 0.2) is 0 Å². The van der Waals surface area contributed by atoms with Crippen molar-refractivity contribution in [3.05, 3.63) is 43.2 Å². The van der Waals surface area contributed by atoms with E-state index >= 15 is 0 Å². The Hall–Kier alpha value is -0.326. The van der Waals surface area contributed by atoms with Crippen LogP contribution in [0.1, 0.15) is 29.5 Å². The molecule has 0 nitrogen and oxygen atoms in total. The topological polar surface area (TPSA) is 0 Å². The van der Waals surface area contributed by atoms with Crippen LogP contribution in [0.25, 0.3) is 0 Å². The second kappa shape index (κ2) is 3.81. The molecule has 2 aliphatic rings. The van der Waals surface area contributed by atoms with E-state index in [-0.39, 0.29) is 22.0 Å². The minimum atomic E-state index is 0. The summed E-state index contributed by atoms with van der Waals surface area (Å²) in [4.78, 5) is 0. The molecule has 0 radical (unpaired) electrons. The molecular formula is C12H16Ti-2. The van der Waals surface area contributed by atoms with Crippen LogP contribution >= 0.6 is 0 Å². The van der Waals surface area contributed by atoms with E-state index in [1.54, 1.807) is 13.3 Å². The maximum Gasteiger partial charge on any atom is -1.00 e. The molecule has 0 heterocycles. The van der Waals surface area contributed by atoms with E-state index in [1.165, 1.54) is 18.4 Å². The third-order valence-electron chi connectivity index (χ3n) is 2.74. The van der Waals surface area contributed by atoms with Crippen molar-refractivity contribution in [1.82, 2.24) is 0 Å². The van der Waals surface area contributed by atoms with Crippen molar-refractivity contribution in [3.8, 4) is 0 Å². The molecule has 0 fully saturated rings. The number of hydrogen-bond donors (Lipinski definition) is 0. The van der Waals surface area contributed by atoms with Crippen molar-refractivity contribution in [2.75, 3.05) is 0 Å². The van der Waals surface area contributed by atoms with Gasteiger partial charge in [-0.3, -0.25) is 0 Å². The van der Waals surface area contributed by atoms with Crippen molar-refractivity contribution < 1.29 is 22.0 Å². The van der Waals surface area contributed by atoms with Gasteiger partial charge in [-0.15, -0.1) is 0 Å². The Morgan fingerprint density at radius 2 is 2.15 bits per heavy atom. The predicted octanol–water partition coefficient (Wildman–Crippen LogP) is 3.76. The molecule has 2 rings (SSSR count). The smallest absolute Gasteiger partial charge is 1.00 e. The molecule has 0 N–H and O–H groups in total. The van der Waals surface area contributed by atoms with Crippen LogP contribution in [0.5, 0.6) is 0 Å². The molecule has 0 unspecified atom stereocenters. The Bertz CT molecular complexity index is 349. The summed E-state index contributed by atoms with van der Waals surface area (Å²) in [5.74, 6) is 0. The van der Waals surface area contributed by atoms with Gasteiger partial charge in [-0.1, -0.05) is 0 Å². The Morgan fingerprint density at radius 1 is 1.31 bits per heavy atom. The van der Waals surface area contributed by atoms with E-state index in [4.69, 9.17) is 0 Å². The van der Waals surface area contributed by atoms with E-state index in [2.05, 4.69) is 38.2 Å². The second-order valence-electron chi connectivity index (χ2n) is 3.64. The monoisotopic (exact) mass is 208 g/mol. The van der Waals surface area contributed by atoms with E-state index < -0.39 is 0 Å². The van der Waals surface area contributed by atoms with Gasteiger partial charge in [-0.25, -0.2) is 0 Å². The molecule has 0 spiro atoms. The molecular weight excluding hydrogens is 192 g/mol. The first-order valence-electron chi connectivity index (χ1n) is 4.77. The minimum absolute atomic E-state index is 0. The van der Waals surface area contributed by atoms with Crippen LogP contribution in [0.3, 0.4) is 0 Å². The third-order valence-corrected chi connectivity index (χ3v) is 5.20. The Morgan fingerprint density at radius 3 is 2.69 bits per heavy atom. The summed E-state index contributed by atoms with van der Waals surface area (Å²) in [5, 5.41) is 0. The first-order valence-corrected chi connectivity index (χ1v) is 6.33. The average molecular weight is 208 g/mol. The number of rotatable bonds is 2. The normalized spacial score (nSPS) is 20.8. The fourth-order valence-electron chi connectivity index (χ4n) is 1.68. The molecule has 0 saturated carbocycles. The van der Waals surface area contributed by atoms with E-state index in [9.17, 15) is 0 Å². The fraction of sp³-hybridized carbons (Fsp3) is 0.333. The maximum absolute atomic E-state index is 2.37. The van der Waals surface area contributed by atoms with Gasteiger partial charge in [-0.05, 0) is 0 Å². The van der Waals surface area contributed by atoms with E-state index in [1.807, 2.05) is 0 Å². The molecule has 2 aliphatic carbocycles. The summed E-state index contributed by atoms with van der Waals surface area (Å²) < 4.78 is 3.44. The summed E-state index contributed by atoms with van der Waals surface area (Å²) in [6, 6.07) is 0. The summed E-state index contributed by atoms with van der Waals surface area (Å²) in [6.07, 6.45) is 11.6. The van der Waals surface area contributed by atoms with Crippen LogP contribution in [0.4, 0.5) is 0 Å². The first kappa shape index (κ1) is 9.24. The second-order valence-corrected chi connectivity index (χ2v) is 5.98. The van der Waals surface area contributed by atoms with Gasteiger partial charge in [0.2, 0.25) is 0 Å². The molecule has 0 amide bonds. The SMILES string of the molecule is CC1=CC[C]([Ti][C]2=CC=CC2)=C1C.[H-].[H-]. The average Bonchev–Trinajstić information content (AvgIpc) is 2.71. The molecule has 0 bridgehead atoms. The van der Waals surface area contributed by atoms with Crippen molar-refractivity contribution in [1.29, 1.82) is 0 Å². The molecule has 1 heteroatoms. The summed E-state index contributed by atoms with van der Waals surface area (Å²) in [7, 11) is 0. The van der Waals surface area contributed by atoms with Crippen LogP contribution in [0.2, 0.25) is 0 Å². The zero-order valence-electron chi connectivity index (χ0n) is 10.2. The first-order chi connectivity index (χ1) is 6.27. The molecule has 0 aromatic heterocycles. The van der Waals surface area contributed by atoms with Crippen LogP contribution in [-0.4, -0.2) is 0 Å². The standard InChI is InChI=1S/C7H9.C5H5.Ti.2H/c1-6-4-3-5-7(6)2;1-2-4-5-3-1;;;/h4H,3H2,1-2H3;1-3H,4H2;;;/q;;;2*-1. The number of hydrogen-bond acceptors (Lipinski definition) is 0. The summed E-state index contributed by atoms with van der Waals surface area (Å²) in [5.41, 5.74) is 3.08. The van der Waals surface area contributed by atoms with Crippen molar-refractivity contribution in [2.24, 2.45) is 0 Å². The minimum Gasteiger partial charge on any atom is -1.00 e. The van der Waals surface area contributed by atoms with Crippen LogP contribution in [0.15, 0.2) is 43.2 Å². The predicted molar refractivity (Wildman–Crippen MR) is 55.1 cm³/mol. The van der Waals surface area contributed by atoms with Crippen LogP contribution < -0.4 is 0 Å². The van der Waals surface area contributed by atoms with Gasteiger partial charge in [0, 0.05) is 0 Å². The largest absolute Gasteiger partial charge is 1.00 e. The van der Waals surface area contributed by atoms with Gasteiger partial charge >= 0.3 is 89.0 Å². The van der Waals surface area contributed by atoms with Crippen molar-refractivity contribution >= 4 is 0 Å². The van der Waals surface area contributed by atoms with Crippen LogP contribution in [0, 0.1) is 0 Å². The zero-order chi connectivity index (χ0) is 9.26. The summed E-state index contributed by atoms with van der Waals surface area (Å²) in [6.45, 7) is 4.51. The molecule has 13 heavy (non-hydrogen) atoms. The van der Waals surface area contributed by atoms with Crippen LogP contribution in [-0.2, 0) is 19.2 Å². The van der Waals surface area contributed by atoms with Crippen molar-refractivity contribution in [2.45, 2.75) is 26.7 Å².